The number of nitrogens with zero attached hydrogens (tertiary/aromatic N) is 4. The van der Waals surface area contributed by atoms with Crippen molar-refractivity contribution in [2.75, 3.05) is 46.8 Å². The van der Waals surface area contributed by atoms with Crippen LogP contribution in [0.2, 0.25) is 16.6 Å². The van der Waals surface area contributed by atoms with Gasteiger partial charge in [-0.05, 0) is 98.2 Å². The first-order chi connectivity index (χ1) is 26.5. The van der Waals surface area contributed by atoms with Crippen LogP contribution in [0.25, 0.3) is 32.9 Å². The molecule has 0 bridgehead atoms. The van der Waals surface area contributed by atoms with E-state index in [1.54, 1.807) is 18.3 Å². The van der Waals surface area contributed by atoms with Gasteiger partial charge < -0.3 is 18.9 Å². The van der Waals surface area contributed by atoms with Crippen LogP contribution < -0.4 is 9.47 Å². The molecular formula is C44H56F2N4O4Si. The van der Waals surface area contributed by atoms with Gasteiger partial charge in [-0.2, -0.15) is 9.97 Å². The molecule has 3 fully saturated rings. The second-order valence-electron chi connectivity index (χ2n) is 16.7. The number of halogens is 2. The first kappa shape index (κ1) is 39.5. The zero-order chi connectivity index (χ0) is 38.9. The van der Waals surface area contributed by atoms with Gasteiger partial charge >= 0.3 is 6.01 Å². The van der Waals surface area contributed by atoms with E-state index in [9.17, 15) is 0 Å². The summed E-state index contributed by atoms with van der Waals surface area (Å²) < 4.78 is 57.1. The number of fused-ring (bicyclic) bond motifs is 3. The van der Waals surface area contributed by atoms with Crippen molar-refractivity contribution in [2.24, 2.45) is 0 Å². The van der Waals surface area contributed by atoms with E-state index in [1.807, 2.05) is 6.07 Å². The summed E-state index contributed by atoms with van der Waals surface area (Å²) in [5, 5.41) is 1.69. The van der Waals surface area contributed by atoms with Crippen molar-refractivity contribution in [3.05, 3.63) is 53.4 Å². The third-order valence-corrected chi connectivity index (χ3v) is 19.0. The summed E-state index contributed by atoms with van der Waals surface area (Å²) in [6.45, 7) is 17.3. The van der Waals surface area contributed by atoms with Gasteiger partial charge in [-0.3, -0.25) is 9.88 Å². The fraction of sp³-hybridized carbons (Fsp3) is 0.568. The third-order valence-electron chi connectivity index (χ3n) is 12.7. The van der Waals surface area contributed by atoms with E-state index < -0.39 is 19.7 Å². The molecule has 8 nitrogen and oxygen atoms in total. The minimum absolute atomic E-state index is 0.0149. The van der Waals surface area contributed by atoms with E-state index in [-0.39, 0.29) is 41.0 Å². The highest BCUT2D eigenvalue weighted by atomic mass is 28.3. The number of hydrogen-bond acceptors (Lipinski definition) is 8. The monoisotopic (exact) mass is 770 g/mol. The third kappa shape index (κ3) is 7.48. The van der Waals surface area contributed by atoms with Gasteiger partial charge in [0.2, 0.25) is 0 Å². The molecule has 0 amide bonds. The quantitative estimate of drug-likeness (QED) is 0.0848. The average Bonchev–Trinajstić information content (AvgIpc) is 3.63. The number of aromatic nitrogens is 3. The van der Waals surface area contributed by atoms with E-state index in [4.69, 9.17) is 33.9 Å². The second-order valence-corrected chi connectivity index (χ2v) is 22.3. The Bertz CT molecular complexity index is 2060. The predicted octanol–water partition coefficient (Wildman–Crippen LogP) is 9.97. The van der Waals surface area contributed by atoms with Crippen molar-refractivity contribution in [3.8, 4) is 34.5 Å². The zero-order valence-corrected chi connectivity index (χ0v) is 34.6. The van der Waals surface area contributed by atoms with Gasteiger partial charge in [-0.1, -0.05) is 53.5 Å². The maximum absolute atomic E-state index is 17.5. The molecule has 3 aliphatic rings. The number of methoxy groups -OCH3 is 1. The van der Waals surface area contributed by atoms with E-state index >= 15 is 8.78 Å². The van der Waals surface area contributed by atoms with Crippen molar-refractivity contribution in [2.45, 2.75) is 115 Å². The Morgan fingerprint density at radius 3 is 2.40 bits per heavy atom. The topological polar surface area (TPSA) is 78.8 Å². The van der Waals surface area contributed by atoms with E-state index in [0.29, 0.717) is 63.9 Å². The highest BCUT2D eigenvalue weighted by Crippen LogP contribution is 2.43. The fourth-order valence-corrected chi connectivity index (χ4v) is 15.2. The van der Waals surface area contributed by atoms with Crippen molar-refractivity contribution in [1.29, 1.82) is 0 Å². The fourth-order valence-electron chi connectivity index (χ4n) is 9.99. The minimum atomic E-state index is -2.25. The van der Waals surface area contributed by atoms with Crippen molar-refractivity contribution >= 4 is 29.7 Å². The largest absolute Gasteiger partial charge is 0.468 e. The molecule has 294 valence electrons. The lowest BCUT2D eigenvalue weighted by Gasteiger charge is -2.38. The predicted molar refractivity (Wildman–Crippen MR) is 216 cm³/mol. The zero-order valence-electron chi connectivity index (χ0n) is 33.6. The molecule has 7 rings (SSSR count). The molecule has 1 atom stereocenters. The van der Waals surface area contributed by atoms with Crippen LogP contribution in [0.15, 0.2) is 30.5 Å². The summed E-state index contributed by atoms with van der Waals surface area (Å²) >= 11 is 0. The van der Waals surface area contributed by atoms with Crippen LogP contribution in [0.3, 0.4) is 0 Å². The molecule has 2 aromatic carbocycles. The van der Waals surface area contributed by atoms with Gasteiger partial charge in [0.1, 0.15) is 37.5 Å². The maximum atomic E-state index is 17.5. The molecular weight excluding hydrogens is 715 g/mol. The number of hydrogen-bond donors (Lipinski definition) is 0. The van der Waals surface area contributed by atoms with Crippen LogP contribution >= 0.6 is 0 Å². The standard InChI is InChI=1S/C44H56F2N4O4Si/c1-28(2)55(29(3)4,30(5)6)22-15-34-37(45)13-12-32-23-33(54-27-51-7)24-35(38(32)34)41-39(46)42-36(25-47-41)40(31-11-8-20-52-21-14-31)48-43(49-42)53-26-44-16-9-18-50(44)19-10-17-44/h12-13,23-25,28-31H,8-11,14,16-21,26-27H2,1-7H3. The number of pyridine rings is 1. The SMILES string of the molecule is COCOc1cc(-c2ncc3c(C4CCCOCC4)nc(OCC45CCCN4CCC5)nc3c2F)c2c(C#C[Si](C(C)C)(C(C)C)C(C)C)c(F)ccc2c1. The molecule has 0 N–H and O–H groups in total. The van der Waals surface area contributed by atoms with Crippen LogP contribution in [0.5, 0.6) is 11.8 Å². The van der Waals surface area contributed by atoms with Crippen molar-refractivity contribution < 1.29 is 27.7 Å². The molecule has 2 aromatic heterocycles. The molecule has 4 aromatic rings. The average molecular weight is 771 g/mol. The molecule has 0 aliphatic carbocycles. The van der Waals surface area contributed by atoms with Gasteiger partial charge in [0.05, 0.1) is 16.8 Å². The first-order valence-electron chi connectivity index (χ1n) is 20.2. The summed E-state index contributed by atoms with van der Waals surface area (Å²) in [6.07, 6.45) is 8.58. The van der Waals surface area contributed by atoms with Gasteiger partial charge in [0.15, 0.2) is 12.6 Å². The van der Waals surface area contributed by atoms with Crippen LogP contribution in [0.4, 0.5) is 8.78 Å². The summed E-state index contributed by atoms with van der Waals surface area (Å²) in [6, 6.07) is 6.81. The van der Waals surface area contributed by atoms with Crippen molar-refractivity contribution in [1.82, 2.24) is 19.9 Å². The lowest BCUT2D eigenvalue weighted by molar-refractivity contribution is 0.0512. The van der Waals surface area contributed by atoms with Crippen LogP contribution in [0, 0.1) is 23.1 Å². The van der Waals surface area contributed by atoms with Gasteiger partial charge in [-0.25, -0.2) is 8.78 Å². The summed E-state index contributed by atoms with van der Waals surface area (Å²) in [5.74, 6) is 2.74. The molecule has 1 unspecified atom stereocenters. The Hall–Kier alpha value is -3.69. The molecule has 0 radical (unpaired) electrons. The Kier molecular flexibility index (Phi) is 11.8. The van der Waals surface area contributed by atoms with Gasteiger partial charge in [0, 0.05) is 48.8 Å². The normalized spacial score (nSPS) is 18.9. The Balaban J connectivity index is 1.43. The number of ether oxygens (including phenoxy) is 4. The lowest BCUT2D eigenvalue weighted by Crippen LogP contribution is -2.43. The van der Waals surface area contributed by atoms with Crippen LogP contribution in [-0.4, -0.2) is 80.3 Å². The molecule has 0 saturated carbocycles. The van der Waals surface area contributed by atoms with Crippen LogP contribution in [0.1, 0.15) is 104 Å². The Labute approximate surface area is 325 Å². The van der Waals surface area contributed by atoms with E-state index in [2.05, 4.69) is 57.9 Å². The summed E-state index contributed by atoms with van der Waals surface area (Å²) in [4.78, 5) is 17.1. The second kappa shape index (κ2) is 16.4. The molecule has 5 heterocycles. The highest BCUT2D eigenvalue weighted by molar-refractivity contribution is 6.90. The molecule has 0 spiro atoms. The number of benzene rings is 2. The van der Waals surface area contributed by atoms with Gasteiger partial charge in [0.25, 0.3) is 0 Å². The maximum Gasteiger partial charge on any atom is 0.317 e. The Morgan fingerprint density at radius 2 is 1.69 bits per heavy atom. The molecule has 3 aliphatic heterocycles. The van der Waals surface area contributed by atoms with Gasteiger partial charge in [-0.15, -0.1) is 5.54 Å². The molecule has 11 heteroatoms. The van der Waals surface area contributed by atoms with E-state index in [1.165, 1.54) is 13.2 Å². The number of rotatable bonds is 11. The summed E-state index contributed by atoms with van der Waals surface area (Å²) in [7, 11) is -0.715. The highest BCUT2D eigenvalue weighted by Gasteiger charge is 2.45. The molecule has 55 heavy (non-hydrogen) atoms. The minimum Gasteiger partial charge on any atom is -0.468 e. The van der Waals surface area contributed by atoms with E-state index in [0.717, 1.165) is 63.7 Å². The Morgan fingerprint density at radius 1 is 0.945 bits per heavy atom. The molecule has 3 saturated heterocycles. The smallest absolute Gasteiger partial charge is 0.317 e. The summed E-state index contributed by atoms with van der Waals surface area (Å²) in [5.41, 5.74) is 6.21. The van der Waals surface area contributed by atoms with Crippen molar-refractivity contribution in [3.63, 3.8) is 0 Å². The van der Waals surface area contributed by atoms with Crippen LogP contribution in [-0.2, 0) is 9.47 Å². The first-order valence-corrected chi connectivity index (χ1v) is 22.5. The lowest BCUT2D eigenvalue weighted by atomic mass is 9.93.